The summed E-state index contributed by atoms with van der Waals surface area (Å²) in [5.74, 6) is 1.80. The third-order valence-electron chi connectivity index (χ3n) is 1.95. The average Bonchev–Trinajstić information content (AvgIpc) is 2.23. The molecule has 0 saturated heterocycles. The van der Waals surface area contributed by atoms with Gasteiger partial charge in [-0.1, -0.05) is 27.7 Å². The Morgan fingerprint density at radius 2 is 2.12 bits per heavy atom. The standard InChI is InChI=1S/C12H21N3S/c1-5-13-8-10-6-7-14-11(15-10)9-16-12(2,3)4/h6-7,13H,5,8-9H2,1-4H3. The number of hydrogen-bond acceptors (Lipinski definition) is 4. The highest BCUT2D eigenvalue weighted by Gasteiger charge is 2.11. The van der Waals surface area contributed by atoms with Crippen molar-refractivity contribution in [3.63, 3.8) is 0 Å². The van der Waals surface area contributed by atoms with Crippen molar-refractivity contribution >= 4 is 11.8 Å². The lowest BCUT2D eigenvalue weighted by Gasteiger charge is -2.16. The van der Waals surface area contributed by atoms with Gasteiger partial charge in [0.05, 0.1) is 11.4 Å². The normalized spacial score (nSPS) is 11.8. The minimum Gasteiger partial charge on any atom is -0.311 e. The Morgan fingerprint density at radius 1 is 1.38 bits per heavy atom. The molecule has 0 aromatic carbocycles. The molecule has 0 atom stereocenters. The SMILES string of the molecule is CCNCc1ccnc(CSC(C)(C)C)n1. The third-order valence-corrected chi connectivity index (χ3v) is 3.22. The molecule has 0 aliphatic rings. The van der Waals surface area contributed by atoms with Gasteiger partial charge in [-0.25, -0.2) is 9.97 Å². The summed E-state index contributed by atoms with van der Waals surface area (Å²) in [4.78, 5) is 8.81. The van der Waals surface area contributed by atoms with E-state index in [1.807, 2.05) is 24.0 Å². The van der Waals surface area contributed by atoms with Crippen LogP contribution in [-0.4, -0.2) is 21.3 Å². The van der Waals surface area contributed by atoms with Crippen LogP contribution in [0, 0.1) is 0 Å². The summed E-state index contributed by atoms with van der Waals surface area (Å²) in [6.07, 6.45) is 1.85. The molecule has 1 aromatic heterocycles. The maximum absolute atomic E-state index is 4.52. The Labute approximate surface area is 102 Å². The molecule has 1 N–H and O–H groups in total. The van der Waals surface area contributed by atoms with Crippen LogP contribution in [0.5, 0.6) is 0 Å². The average molecular weight is 239 g/mol. The predicted molar refractivity (Wildman–Crippen MR) is 70.5 cm³/mol. The first-order valence-corrected chi connectivity index (χ1v) is 6.65. The minimum atomic E-state index is 0.265. The first-order valence-electron chi connectivity index (χ1n) is 5.67. The second kappa shape index (κ2) is 6.21. The van der Waals surface area contributed by atoms with E-state index in [0.717, 1.165) is 30.4 Å². The summed E-state index contributed by atoms with van der Waals surface area (Å²) in [6.45, 7) is 10.5. The highest BCUT2D eigenvalue weighted by atomic mass is 32.2. The van der Waals surface area contributed by atoms with Crippen molar-refractivity contribution in [2.45, 2.75) is 44.7 Å². The maximum Gasteiger partial charge on any atom is 0.138 e. The highest BCUT2D eigenvalue weighted by Crippen LogP contribution is 2.25. The van der Waals surface area contributed by atoms with Crippen LogP contribution in [0.15, 0.2) is 12.3 Å². The van der Waals surface area contributed by atoms with Gasteiger partial charge in [0, 0.05) is 17.5 Å². The molecule has 16 heavy (non-hydrogen) atoms. The number of aromatic nitrogens is 2. The van der Waals surface area contributed by atoms with Gasteiger partial charge < -0.3 is 5.32 Å². The summed E-state index contributed by atoms with van der Waals surface area (Å²) in [7, 11) is 0. The monoisotopic (exact) mass is 239 g/mol. The molecule has 0 aliphatic carbocycles. The van der Waals surface area contributed by atoms with Crippen LogP contribution in [-0.2, 0) is 12.3 Å². The zero-order valence-electron chi connectivity index (χ0n) is 10.6. The second-order valence-corrected chi connectivity index (χ2v) is 6.45. The number of nitrogens with zero attached hydrogens (tertiary/aromatic N) is 2. The topological polar surface area (TPSA) is 37.8 Å². The lowest BCUT2D eigenvalue weighted by atomic mass is 10.3. The van der Waals surface area contributed by atoms with Crippen LogP contribution in [0.2, 0.25) is 0 Å². The molecule has 0 radical (unpaired) electrons. The molecule has 1 aromatic rings. The molecule has 1 heterocycles. The van der Waals surface area contributed by atoms with Crippen LogP contribution in [0.25, 0.3) is 0 Å². The van der Waals surface area contributed by atoms with E-state index in [4.69, 9.17) is 0 Å². The van der Waals surface area contributed by atoms with Crippen molar-refractivity contribution in [3.05, 3.63) is 23.8 Å². The van der Waals surface area contributed by atoms with Gasteiger partial charge in [0.25, 0.3) is 0 Å². The zero-order valence-corrected chi connectivity index (χ0v) is 11.4. The van der Waals surface area contributed by atoms with Crippen molar-refractivity contribution in [2.24, 2.45) is 0 Å². The van der Waals surface area contributed by atoms with Crippen molar-refractivity contribution in [1.29, 1.82) is 0 Å². The van der Waals surface area contributed by atoms with Gasteiger partial charge in [0.15, 0.2) is 0 Å². The molecule has 0 fully saturated rings. The Kier molecular flexibility index (Phi) is 5.22. The third kappa shape index (κ3) is 5.47. The fourth-order valence-electron chi connectivity index (χ4n) is 1.14. The molecule has 0 unspecified atom stereocenters. The summed E-state index contributed by atoms with van der Waals surface area (Å²) >= 11 is 1.87. The van der Waals surface area contributed by atoms with Crippen molar-refractivity contribution in [3.8, 4) is 0 Å². The largest absolute Gasteiger partial charge is 0.311 e. The zero-order chi connectivity index (χ0) is 12.0. The quantitative estimate of drug-likeness (QED) is 0.857. The first-order chi connectivity index (χ1) is 7.51. The van der Waals surface area contributed by atoms with E-state index >= 15 is 0 Å². The van der Waals surface area contributed by atoms with Crippen molar-refractivity contribution in [1.82, 2.24) is 15.3 Å². The molecule has 4 heteroatoms. The number of hydrogen-bond donors (Lipinski definition) is 1. The molecule has 0 saturated carbocycles. The van der Waals surface area contributed by atoms with Crippen molar-refractivity contribution in [2.75, 3.05) is 6.54 Å². The van der Waals surface area contributed by atoms with Gasteiger partial charge >= 0.3 is 0 Å². The molecule has 0 spiro atoms. The van der Waals surface area contributed by atoms with Gasteiger partial charge in [-0.05, 0) is 12.6 Å². The van der Waals surface area contributed by atoms with Crippen LogP contribution >= 0.6 is 11.8 Å². The lowest BCUT2D eigenvalue weighted by Crippen LogP contribution is -2.14. The van der Waals surface area contributed by atoms with Crippen LogP contribution < -0.4 is 5.32 Å². The van der Waals surface area contributed by atoms with E-state index in [1.54, 1.807) is 0 Å². The Balaban J connectivity index is 2.53. The summed E-state index contributed by atoms with van der Waals surface area (Å²) in [5, 5.41) is 3.27. The van der Waals surface area contributed by atoms with E-state index in [1.165, 1.54) is 0 Å². The Hall–Kier alpha value is -0.610. The molecule has 90 valence electrons. The molecular formula is C12H21N3S. The van der Waals surface area contributed by atoms with E-state index in [-0.39, 0.29) is 4.75 Å². The Bertz CT molecular complexity index is 320. The van der Waals surface area contributed by atoms with Gasteiger partial charge in [-0.2, -0.15) is 0 Å². The number of nitrogens with one attached hydrogen (secondary N) is 1. The molecule has 1 rings (SSSR count). The molecule has 3 nitrogen and oxygen atoms in total. The van der Waals surface area contributed by atoms with Crippen molar-refractivity contribution < 1.29 is 0 Å². The highest BCUT2D eigenvalue weighted by molar-refractivity contribution is 7.99. The summed E-state index contributed by atoms with van der Waals surface area (Å²) in [5.41, 5.74) is 1.07. The molecule has 0 bridgehead atoms. The Morgan fingerprint density at radius 3 is 2.75 bits per heavy atom. The fraction of sp³-hybridized carbons (Fsp3) is 0.667. The van der Waals surface area contributed by atoms with Gasteiger partial charge in [-0.3, -0.25) is 0 Å². The first kappa shape index (κ1) is 13.5. The fourth-order valence-corrected chi connectivity index (χ4v) is 1.84. The van der Waals surface area contributed by atoms with Crippen LogP contribution in [0.4, 0.5) is 0 Å². The predicted octanol–water partition coefficient (Wildman–Crippen LogP) is 2.62. The van der Waals surface area contributed by atoms with Crippen LogP contribution in [0.1, 0.15) is 39.2 Å². The van der Waals surface area contributed by atoms with Gasteiger partial charge in [0.1, 0.15) is 5.82 Å². The summed E-state index contributed by atoms with van der Waals surface area (Å²) < 4.78 is 0.265. The van der Waals surface area contributed by atoms with Gasteiger partial charge in [0.2, 0.25) is 0 Å². The lowest BCUT2D eigenvalue weighted by molar-refractivity contribution is 0.704. The smallest absolute Gasteiger partial charge is 0.138 e. The van der Waals surface area contributed by atoms with E-state index < -0.39 is 0 Å². The van der Waals surface area contributed by atoms with E-state index in [9.17, 15) is 0 Å². The minimum absolute atomic E-state index is 0.265. The molecule has 0 aliphatic heterocycles. The molecular weight excluding hydrogens is 218 g/mol. The molecule has 0 amide bonds. The summed E-state index contributed by atoms with van der Waals surface area (Å²) in [6, 6.07) is 1.97. The van der Waals surface area contributed by atoms with E-state index in [0.29, 0.717) is 0 Å². The van der Waals surface area contributed by atoms with E-state index in [2.05, 4.69) is 43.0 Å². The van der Waals surface area contributed by atoms with Gasteiger partial charge in [-0.15, -0.1) is 11.8 Å². The second-order valence-electron chi connectivity index (χ2n) is 4.65. The van der Waals surface area contributed by atoms with Crippen LogP contribution in [0.3, 0.4) is 0 Å². The maximum atomic E-state index is 4.52. The number of thioether (sulfide) groups is 1. The number of rotatable bonds is 5.